The molecule has 21 heavy (non-hydrogen) atoms. The summed E-state index contributed by atoms with van der Waals surface area (Å²) in [6.45, 7) is 7.65. The van der Waals surface area contributed by atoms with Gasteiger partial charge in [-0.25, -0.2) is 13.1 Å². The molecule has 1 atom stereocenters. The van der Waals surface area contributed by atoms with Crippen LogP contribution < -0.4 is 4.72 Å². The Labute approximate surface area is 137 Å². The molecule has 0 saturated carbocycles. The van der Waals surface area contributed by atoms with Gasteiger partial charge in [0.1, 0.15) is 4.21 Å². The molecular formula is C13H20BrNO4S2. The lowest BCUT2D eigenvalue weighted by Gasteiger charge is -2.25. The maximum atomic E-state index is 12.4. The maximum absolute atomic E-state index is 12.4. The lowest BCUT2D eigenvalue weighted by Crippen LogP contribution is -2.38. The molecule has 5 nitrogen and oxygen atoms in total. The van der Waals surface area contributed by atoms with Crippen molar-refractivity contribution in [2.45, 2.75) is 50.8 Å². The van der Waals surface area contributed by atoms with E-state index in [1.54, 1.807) is 6.07 Å². The minimum absolute atomic E-state index is 0.172. The minimum Gasteiger partial charge on any atom is -0.481 e. The Balaban J connectivity index is 2.98. The normalized spacial score (nSPS) is 14.1. The minimum atomic E-state index is -3.70. The third-order valence-corrected chi connectivity index (χ3v) is 6.83. The highest BCUT2D eigenvalue weighted by atomic mass is 79.9. The maximum Gasteiger partial charge on any atom is 0.304 e. The largest absolute Gasteiger partial charge is 0.481 e. The summed E-state index contributed by atoms with van der Waals surface area (Å²) in [4.78, 5) is 10.9. The number of hydrogen-bond acceptors (Lipinski definition) is 4. The number of carboxylic acids is 1. The highest BCUT2D eigenvalue weighted by Gasteiger charge is 2.27. The Kier molecular flexibility index (Phi) is 5.99. The zero-order valence-electron chi connectivity index (χ0n) is 12.4. The van der Waals surface area contributed by atoms with E-state index in [2.05, 4.69) is 20.7 Å². The lowest BCUT2D eigenvalue weighted by atomic mass is 9.87. The molecule has 2 N–H and O–H groups in total. The predicted octanol–water partition coefficient (Wildman–Crippen LogP) is 3.38. The van der Waals surface area contributed by atoms with Gasteiger partial charge in [-0.1, -0.05) is 20.8 Å². The number of aryl methyl sites for hydroxylation is 1. The van der Waals surface area contributed by atoms with Gasteiger partial charge >= 0.3 is 5.97 Å². The van der Waals surface area contributed by atoms with Crippen molar-refractivity contribution in [3.05, 3.63) is 15.4 Å². The number of sulfonamides is 1. The van der Waals surface area contributed by atoms with Crippen LogP contribution >= 0.6 is 27.3 Å². The van der Waals surface area contributed by atoms with Gasteiger partial charge in [0, 0.05) is 6.04 Å². The summed E-state index contributed by atoms with van der Waals surface area (Å²) >= 11 is 4.41. The number of rotatable bonds is 6. The monoisotopic (exact) mass is 397 g/mol. The van der Waals surface area contributed by atoms with E-state index in [9.17, 15) is 13.2 Å². The van der Waals surface area contributed by atoms with Gasteiger partial charge in [-0.3, -0.25) is 4.79 Å². The van der Waals surface area contributed by atoms with Gasteiger partial charge in [0.25, 0.3) is 0 Å². The Morgan fingerprint density at radius 2 is 2.05 bits per heavy atom. The number of halogens is 1. The zero-order chi connectivity index (χ0) is 16.4. The first-order chi connectivity index (χ1) is 9.40. The van der Waals surface area contributed by atoms with Crippen molar-refractivity contribution in [3.8, 4) is 0 Å². The quantitative estimate of drug-likeness (QED) is 0.770. The molecule has 120 valence electrons. The molecule has 0 fully saturated rings. The molecule has 1 aromatic rings. The molecule has 0 aliphatic carbocycles. The topological polar surface area (TPSA) is 83.5 Å². The second-order valence-corrected chi connectivity index (χ2v) is 10.5. The van der Waals surface area contributed by atoms with Crippen LogP contribution in [0.3, 0.4) is 0 Å². The molecule has 0 spiro atoms. The van der Waals surface area contributed by atoms with Gasteiger partial charge < -0.3 is 5.11 Å². The number of carbonyl (C=O) groups is 1. The fourth-order valence-corrected chi connectivity index (χ4v) is 5.43. The second-order valence-electron chi connectivity index (χ2n) is 6.20. The Morgan fingerprint density at radius 3 is 2.43 bits per heavy atom. The van der Waals surface area contributed by atoms with E-state index in [4.69, 9.17) is 5.11 Å². The molecule has 0 saturated heterocycles. The molecule has 1 heterocycles. The average molecular weight is 398 g/mol. The summed E-state index contributed by atoms with van der Waals surface area (Å²) in [5, 5.41) is 8.96. The molecule has 8 heteroatoms. The van der Waals surface area contributed by atoms with Crippen LogP contribution in [-0.2, 0) is 14.8 Å². The first-order valence-electron chi connectivity index (χ1n) is 6.41. The van der Waals surface area contributed by atoms with E-state index < -0.39 is 22.0 Å². The van der Waals surface area contributed by atoms with Crippen molar-refractivity contribution in [3.63, 3.8) is 0 Å². The first kappa shape index (κ1) is 18.6. The molecule has 0 aliphatic heterocycles. The molecule has 0 bridgehead atoms. The van der Waals surface area contributed by atoms with Crippen LogP contribution in [0.4, 0.5) is 0 Å². The van der Waals surface area contributed by atoms with Crippen molar-refractivity contribution in [1.29, 1.82) is 0 Å². The van der Waals surface area contributed by atoms with Crippen molar-refractivity contribution in [2.75, 3.05) is 0 Å². The highest BCUT2D eigenvalue weighted by molar-refractivity contribution is 9.11. The van der Waals surface area contributed by atoms with Crippen LogP contribution in [0.2, 0.25) is 0 Å². The van der Waals surface area contributed by atoms with Crippen LogP contribution in [0.25, 0.3) is 0 Å². The molecule has 1 aromatic heterocycles. The summed E-state index contributed by atoms with van der Waals surface area (Å²) in [6, 6.07) is 0.945. The first-order valence-corrected chi connectivity index (χ1v) is 9.50. The van der Waals surface area contributed by atoms with Gasteiger partial charge in [0.15, 0.2) is 0 Å². The Morgan fingerprint density at radius 1 is 1.48 bits per heavy atom. The standard InChI is InChI=1S/C13H20BrNO4S2/c1-8-5-11(20-12(8)14)21(18,19)15-9(6-10(16)17)7-13(2,3)4/h5,9,15H,6-7H2,1-4H3,(H,16,17). The van der Waals surface area contributed by atoms with Crippen molar-refractivity contribution in [2.24, 2.45) is 5.41 Å². The van der Waals surface area contributed by atoms with Gasteiger partial charge in [-0.2, -0.15) is 0 Å². The van der Waals surface area contributed by atoms with Crippen LogP contribution in [0.5, 0.6) is 0 Å². The van der Waals surface area contributed by atoms with E-state index in [-0.39, 0.29) is 16.0 Å². The lowest BCUT2D eigenvalue weighted by molar-refractivity contribution is -0.137. The van der Waals surface area contributed by atoms with Gasteiger partial charge in [0.2, 0.25) is 10.0 Å². The smallest absolute Gasteiger partial charge is 0.304 e. The fourth-order valence-electron chi connectivity index (χ4n) is 1.95. The van der Waals surface area contributed by atoms with Crippen molar-refractivity contribution in [1.82, 2.24) is 4.72 Å². The van der Waals surface area contributed by atoms with E-state index in [0.29, 0.717) is 6.42 Å². The van der Waals surface area contributed by atoms with E-state index in [1.807, 2.05) is 27.7 Å². The molecule has 0 amide bonds. The zero-order valence-corrected chi connectivity index (χ0v) is 15.7. The number of nitrogens with one attached hydrogen (secondary N) is 1. The molecule has 1 rings (SSSR count). The van der Waals surface area contributed by atoms with Crippen LogP contribution in [0.1, 0.15) is 39.2 Å². The summed E-state index contributed by atoms with van der Waals surface area (Å²) in [6.07, 6.45) is 0.214. The van der Waals surface area contributed by atoms with Gasteiger partial charge in [-0.15, -0.1) is 11.3 Å². The van der Waals surface area contributed by atoms with E-state index >= 15 is 0 Å². The predicted molar refractivity (Wildman–Crippen MR) is 87.2 cm³/mol. The van der Waals surface area contributed by atoms with Crippen molar-refractivity contribution < 1.29 is 18.3 Å². The van der Waals surface area contributed by atoms with E-state index in [0.717, 1.165) is 20.7 Å². The van der Waals surface area contributed by atoms with Gasteiger partial charge in [0.05, 0.1) is 10.2 Å². The third-order valence-electron chi connectivity index (χ3n) is 2.70. The Hall–Kier alpha value is -0.440. The van der Waals surface area contributed by atoms with E-state index in [1.165, 1.54) is 0 Å². The van der Waals surface area contributed by atoms with Gasteiger partial charge in [-0.05, 0) is 46.3 Å². The Bertz CT molecular complexity index is 597. The summed E-state index contributed by atoms with van der Waals surface area (Å²) in [5.41, 5.74) is 0.667. The second kappa shape index (κ2) is 6.76. The SMILES string of the molecule is Cc1cc(S(=O)(=O)NC(CC(=O)O)CC(C)(C)C)sc1Br. The number of aliphatic carboxylic acids is 1. The van der Waals surface area contributed by atoms with Crippen LogP contribution in [0.15, 0.2) is 14.1 Å². The summed E-state index contributed by atoms with van der Waals surface area (Å²) in [7, 11) is -3.70. The summed E-state index contributed by atoms with van der Waals surface area (Å²) < 4.78 is 28.2. The molecule has 1 unspecified atom stereocenters. The molecule has 0 aromatic carbocycles. The number of thiophene rings is 1. The van der Waals surface area contributed by atoms with Crippen LogP contribution in [0, 0.1) is 12.3 Å². The molecule has 0 aliphatic rings. The molecule has 0 radical (unpaired) electrons. The number of carboxylic acid groups (broad SMARTS) is 1. The van der Waals surface area contributed by atoms with Crippen molar-refractivity contribution >= 4 is 43.3 Å². The molecular weight excluding hydrogens is 378 g/mol. The fraction of sp³-hybridized carbons (Fsp3) is 0.615. The van der Waals surface area contributed by atoms with Crippen LogP contribution in [-0.4, -0.2) is 25.5 Å². The average Bonchev–Trinajstić information content (AvgIpc) is 2.55. The highest BCUT2D eigenvalue weighted by Crippen LogP contribution is 2.31. The number of hydrogen-bond donors (Lipinski definition) is 2. The summed E-state index contributed by atoms with van der Waals surface area (Å²) in [5.74, 6) is -1.02. The third kappa shape index (κ3) is 6.06.